The van der Waals surface area contributed by atoms with Gasteiger partial charge in [-0.2, -0.15) is 0 Å². The van der Waals surface area contributed by atoms with E-state index in [4.69, 9.17) is 23.2 Å². The van der Waals surface area contributed by atoms with E-state index in [9.17, 15) is 0 Å². The van der Waals surface area contributed by atoms with Crippen molar-refractivity contribution in [2.24, 2.45) is 0 Å². The van der Waals surface area contributed by atoms with Gasteiger partial charge in [0.05, 0.1) is 0 Å². The average molecular weight is 116 g/mol. The van der Waals surface area contributed by atoms with Crippen molar-refractivity contribution in [2.75, 3.05) is 12.1 Å². The lowest BCUT2D eigenvalue weighted by molar-refractivity contribution is 0.232. The van der Waals surface area contributed by atoms with Crippen LogP contribution in [0, 0.1) is 0 Å². The quantitative estimate of drug-likeness (QED) is 0.497. The first-order valence-corrected chi connectivity index (χ1v) is 2.18. The molecule has 0 saturated heterocycles. The fraction of sp³-hybridized carbons (Fsp3) is 1.00. The SMILES string of the molecule is ClCOCCl.[H+]. The molecule has 0 radical (unpaired) electrons. The summed E-state index contributed by atoms with van der Waals surface area (Å²) in [6.45, 7) is 0. The van der Waals surface area contributed by atoms with E-state index in [1.807, 2.05) is 0 Å². The molecule has 1 nitrogen and oxygen atoms in total. The van der Waals surface area contributed by atoms with E-state index in [2.05, 4.69) is 4.74 Å². The molecule has 0 aromatic rings. The Morgan fingerprint density at radius 2 is 1.80 bits per heavy atom. The van der Waals surface area contributed by atoms with Gasteiger partial charge in [0, 0.05) is 0 Å². The highest BCUT2D eigenvalue weighted by Gasteiger charge is 1.68. The van der Waals surface area contributed by atoms with Crippen LogP contribution in [0.2, 0.25) is 0 Å². The molecule has 32 valence electrons. The van der Waals surface area contributed by atoms with Crippen molar-refractivity contribution >= 4 is 23.2 Å². The molecule has 0 N–H and O–H groups in total. The van der Waals surface area contributed by atoms with Gasteiger partial charge in [0.1, 0.15) is 12.1 Å². The zero-order chi connectivity index (χ0) is 4.12. The third kappa shape index (κ3) is 4.54. The zero-order valence-corrected chi connectivity index (χ0v) is 4.09. The van der Waals surface area contributed by atoms with E-state index in [1.54, 1.807) is 0 Å². The van der Waals surface area contributed by atoms with Crippen molar-refractivity contribution in [3.63, 3.8) is 0 Å². The maximum absolute atomic E-state index is 4.99. The summed E-state index contributed by atoms with van der Waals surface area (Å²) >= 11 is 9.99. The molecule has 0 spiro atoms. The van der Waals surface area contributed by atoms with Crippen molar-refractivity contribution < 1.29 is 6.16 Å². The third-order valence-corrected chi connectivity index (χ3v) is 0.463. The van der Waals surface area contributed by atoms with Gasteiger partial charge in [0.15, 0.2) is 0 Å². The Balaban J connectivity index is 0. The fourth-order valence-corrected chi connectivity index (χ4v) is 0.262. The minimum absolute atomic E-state index is 0. The van der Waals surface area contributed by atoms with E-state index in [0.29, 0.717) is 0 Å². The Bertz CT molecular complexity index is 19.0. The first-order chi connectivity index (χ1) is 2.41. The molecular formula is C2H5Cl2O+. The van der Waals surface area contributed by atoms with Crippen molar-refractivity contribution in [3.05, 3.63) is 0 Å². The molecule has 0 bridgehead atoms. The zero-order valence-electron chi connectivity index (χ0n) is 3.58. The van der Waals surface area contributed by atoms with Crippen LogP contribution in [0.15, 0.2) is 0 Å². The summed E-state index contributed by atoms with van der Waals surface area (Å²) in [6, 6.07) is 0.368. The third-order valence-electron chi connectivity index (χ3n) is 0.154. The molecule has 0 aliphatic carbocycles. The molecule has 0 fully saturated rings. The van der Waals surface area contributed by atoms with Crippen LogP contribution in [-0.2, 0) is 4.74 Å². The lowest BCUT2D eigenvalue weighted by Crippen LogP contribution is -1.78. The molecule has 0 aliphatic heterocycles. The molecular weight excluding hydrogens is 111 g/mol. The van der Waals surface area contributed by atoms with Crippen molar-refractivity contribution in [2.45, 2.75) is 0 Å². The molecule has 0 unspecified atom stereocenters. The van der Waals surface area contributed by atoms with Crippen molar-refractivity contribution in [1.82, 2.24) is 0 Å². The molecule has 0 aromatic heterocycles. The Morgan fingerprint density at radius 3 is 1.80 bits per heavy atom. The summed E-state index contributed by atoms with van der Waals surface area (Å²) in [5.74, 6) is 0. The first-order valence-electron chi connectivity index (χ1n) is 1.11. The number of hydrogen-bond donors (Lipinski definition) is 0. The van der Waals surface area contributed by atoms with Crippen LogP contribution in [0.5, 0.6) is 0 Å². The normalized spacial score (nSPS) is 8.40. The van der Waals surface area contributed by atoms with E-state index in [-0.39, 0.29) is 13.6 Å². The average Bonchev–Trinajstić information content (AvgIpc) is 1.41. The summed E-state index contributed by atoms with van der Waals surface area (Å²) in [7, 11) is 0. The van der Waals surface area contributed by atoms with E-state index < -0.39 is 0 Å². The minimum Gasteiger partial charge on any atom is -0.350 e. The first kappa shape index (κ1) is 5.54. The molecule has 0 atom stereocenters. The van der Waals surface area contributed by atoms with Crippen LogP contribution in [0.3, 0.4) is 0 Å². The standard InChI is InChI=1S/C2H4Cl2O/c3-1-5-2-4/h1-2H2/p+1. The highest BCUT2D eigenvalue weighted by molar-refractivity contribution is 6.18. The lowest BCUT2D eigenvalue weighted by atomic mass is 11.5. The second-order valence-corrected chi connectivity index (χ2v) is 0.859. The summed E-state index contributed by atoms with van der Waals surface area (Å²) in [4.78, 5) is 0. The second-order valence-electron chi connectivity index (χ2n) is 0.422. The summed E-state index contributed by atoms with van der Waals surface area (Å²) in [5, 5.41) is 0. The summed E-state index contributed by atoms with van der Waals surface area (Å²) in [6.07, 6.45) is 0. The fourth-order valence-electron chi connectivity index (χ4n) is 0.0292. The summed E-state index contributed by atoms with van der Waals surface area (Å²) in [5.41, 5.74) is 0. The maximum Gasteiger partial charge on any atom is 1.00 e. The van der Waals surface area contributed by atoms with Crippen LogP contribution in [0.1, 0.15) is 1.43 Å². The number of hydrogen-bond acceptors (Lipinski definition) is 1. The second kappa shape index (κ2) is 4.54. The van der Waals surface area contributed by atoms with Crippen LogP contribution in [0.25, 0.3) is 0 Å². The van der Waals surface area contributed by atoms with Crippen molar-refractivity contribution in [3.8, 4) is 0 Å². The van der Waals surface area contributed by atoms with E-state index >= 15 is 0 Å². The predicted octanol–water partition coefficient (Wildman–Crippen LogP) is 1.51. The molecule has 0 rings (SSSR count). The van der Waals surface area contributed by atoms with Gasteiger partial charge in [0.25, 0.3) is 0 Å². The van der Waals surface area contributed by atoms with E-state index in [1.165, 1.54) is 0 Å². The molecule has 0 aromatic carbocycles. The van der Waals surface area contributed by atoms with Gasteiger partial charge in [0.2, 0.25) is 0 Å². The molecule has 0 heterocycles. The Labute approximate surface area is 42.3 Å². The van der Waals surface area contributed by atoms with Crippen LogP contribution in [-0.4, -0.2) is 12.1 Å². The predicted molar refractivity (Wildman–Crippen MR) is 23.6 cm³/mol. The molecule has 0 amide bonds. The molecule has 5 heavy (non-hydrogen) atoms. The lowest BCUT2D eigenvalue weighted by Gasteiger charge is -1.82. The largest absolute Gasteiger partial charge is 1.00 e. The number of rotatable bonds is 2. The van der Waals surface area contributed by atoms with Gasteiger partial charge < -0.3 is 4.74 Å². The Hall–Kier alpha value is 0.540. The maximum atomic E-state index is 4.99. The molecule has 3 heteroatoms. The van der Waals surface area contributed by atoms with Crippen molar-refractivity contribution in [1.29, 1.82) is 0 Å². The van der Waals surface area contributed by atoms with Crippen LogP contribution in [0.4, 0.5) is 0 Å². The minimum atomic E-state index is 0. The summed E-state index contributed by atoms with van der Waals surface area (Å²) < 4.78 is 4.36. The van der Waals surface area contributed by atoms with Gasteiger partial charge in [-0.3, -0.25) is 0 Å². The Kier molecular flexibility index (Phi) is 5.03. The van der Waals surface area contributed by atoms with Crippen LogP contribution < -0.4 is 0 Å². The monoisotopic (exact) mass is 115 g/mol. The number of halogens is 2. The topological polar surface area (TPSA) is 9.23 Å². The number of alkyl halides is 2. The van der Waals surface area contributed by atoms with Gasteiger partial charge in [-0.1, -0.05) is 23.2 Å². The van der Waals surface area contributed by atoms with E-state index in [0.717, 1.165) is 0 Å². The molecule has 0 saturated carbocycles. The smallest absolute Gasteiger partial charge is 0.350 e. The Morgan fingerprint density at radius 1 is 1.40 bits per heavy atom. The van der Waals surface area contributed by atoms with Gasteiger partial charge >= 0.3 is 1.43 Å². The highest BCUT2D eigenvalue weighted by Crippen LogP contribution is 1.79. The van der Waals surface area contributed by atoms with Crippen LogP contribution >= 0.6 is 23.2 Å². The van der Waals surface area contributed by atoms with Gasteiger partial charge in [-0.25, -0.2) is 0 Å². The highest BCUT2D eigenvalue weighted by atomic mass is 35.5. The number of ether oxygens (including phenoxy) is 1. The van der Waals surface area contributed by atoms with Gasteiger partial charge in [-0.05, 0) is 0 Å². The van der Waals surface area contributed by atoms with Gasteiger partial charge in [-0.15, -0.1) is 0 Å². The molecule has 0 aliphatic rings.